The van der Waals surface area contributed by atoms with Crippen molar-refractivity contribution >= 4 is 34.8 Å². The Morgan fingerprint density at radius 3 is 2.61 bits per heavy atom. The molecule has 0 spiro atoms. The van der Waals surface area contributed by atoms with Gasteiger partial charge in [-0.25, -0.2) is 4.98 Å². The van der Waals surface area contributed by atoms with E-state index in [1.165, 1.54) is 0 Å². The number of rotatable bonds is 3. The molecule has 1 aliphatic rings. The number of aromatic nitrogens is 1. The number of nitrogen functional groups attached to an aromatic ring is 1. The van der Waals surface area contributed by atoms with Gasteiger partial charge < -0.3 is 15.7 Å². The minimum atomic E-state index is -0.645. The van der Waals surface area contributed by atoms with E-state index in [0.29, 0.717) is 22.4 Å². The Labute approximate surface area is 117 Å². The lowest BCUT2D eigenvalue weighted by Gasteiger charge is -2.29. The molecule has 0 aromatic carbocycles. The summed E-state index contributed by atoms with van der Waals surface area (Å²) < 4.78 is 0. The predicted molar refractivity (Wildman–Crippen MR) is 75.4 cm³/mol. The SMILES string of the molecule is CN(CC1(O)CCCC1)c1nc(N)c(Cl)cc1Cl. The molecule has 1 aromatic heterocycles. The number of hydrogen-bond acceptors (Lipinski definition) is 4. The fourth-order valence-corrected chi connectivity index (χ4v) is 2.95. The van der Waals surface area contributed by atoms with E-state index < -0.39 is 5.60 Å². The van der Waals surface area contributed by atoms with E-state index in [4.69, 9.17) is 28.9 Å². The van der Waals surface area contributed by atoms with Crippen LogP contribution in [-0.2, 0) is 0 Å². The number of anilines is 2. The molecule has 2 rings (SSSR count). The van der Waals surface area contributed by atoms with Crippen LogP contribution in [0.2, 0.25) is 10.0 Å². The average Bonchev–Trinajstić information content (AvgIpc) is 2.70. The quantitative estimate of drug-likeness (QED) is 0.898. The molecule has 3 N–H and O–H groups in total. The van der Waals surface area contributed by atoms with Crippen LogP contribution in [0, 0.1) is 0 Å². The zero-order valence-corrected chi connectivity index (χ0v) is 11.8. The summed E-state index contributed by atoms with van der Waals surface area (Å²) in [5, 5.41) is 11.2. The van der Waals surface area contributed by atoms with Crippen molar-refractivity contribution in [1.82, 2.24) is 4.98 Å². The largest absolute Gasteiger partial charge is 0.388 e. The summed E-state index contributed by atoms with van der Waals surface area (Å²) in [6.45, 7) is 0.501. The monoisotopic (exact) mass is 289 g/mol. The summed E-state index contributed by atoms with van der Waals surface area (Å²) in [4.78, 5) is 6.01. The van der Waals surface area contributed by atoms with Crippen molar-refractivity contribution in [3.05, 3.63) is 16.1 Å². The van der Waals surface area contributed by atoms with Gasteiger partial charge in [0.15, 0.2) is 0 Å². The summed E-state index contributed by atoms with van der Waals surface area (Å²) in [5.74, 6) is 0.806. The molecule has 0 atom stereocenters. The number of aliphatic hydroxyl groups is 1. The minimum Gasteiger partial charge on any atom is -0.388 e. The number of halogens is 2. The maximum atomic E-state index is 10.4. The zero-order valence-electron chi connectivity index (χ0n) is 10.3. The van der Waals surface area contributed by atoms with Crippen molar-refractivity contribution < 1.29 is 5.11 Å². The van der Waals surface area contributed by atoms with Crippen LogP contribution in [0.1, 0.15) is 25.7 Å². The third-order valence-electron chi connectivity index (χ3n) is 3.37. The van der Waals surface area contributed by atoms with Gasteiger partial charge in [0.25, 0.3) is 0 Å². The summed E-state index contributed by atoms with van der Waals surface area (Å²) in [6.07, 6.45) is 3.76. The minimum absolute atomic E-state index is 0.251. The number of hydrogen-bond donors (Lipinski definition) is 2. The van der Waals surface area contributed by atoms with Crippen molar-refractivity contribution in [2.45, 2.75) is 31.3 Å². The van der Waals surface area contributed by atoms with Crippen molar-refractivity contribution in [3.8, 4) is 0 Å². The van der Waals surface area contributed by atoms with Crippen LogP contribution in [0.25, 0.3) is 0 Å². The topological polar surface area (TPSA) is 62.4 Å². The molecular formula is C12H17Cl2N3O. The second kappa shape index (κ2) is 5.11. The molecule has 100 valence electrons. The van der Waals surface area contributed by atoms with Crippen LogP contribution in [0.15, 0.2) is 6.07 Å². The Hall–Kier alpha value is -0.710. The van der Waals surface area contributed by atoms with E-state index >= 15 is 0 Å². The molecule has 0 unspecified atom stereocenters. The Morgan fingerprint density at radius 1 is 1.39 bits per heavy atom. The average molecular weight is 290 g/mol. The third-order valence-corrected chi connectivity index (χ3v) is 3.95. The van der Waals surface area contributed by atoms with Gasteiger partial charge in [0.2, 0.25) is 0 Å². The maximum absolute atomic E-state index is 10.4. The third kappa shape index (κ3) is 2.82. The van der Waals surface area contributed by atoms with Crippen LogP contribution in [0.4, 0.5) is 11.6 Å². The summed E-state index contributed by atoms with van der Waals surface area (Å²) >= 11 is 11.9. The highest BCUT2D eigenvalue weighted by Gasteiger charge is 2.33. The summed E-state index contributed by atoms with van der Waals surface area (Å²) in [7, 11) is 1.85. The van der Waals surface area contributed by atoms with Crippen molar-refractivity contribution in [1.29, 1.82) is 0 Å². The van der Waals surface area contributed by atoms with Crippen LogP contribution in [0.3, 0.4) is 0 Å². The molecule has 0 amide bonds. The van der Waals surface area contributed by atoms with Gasteiger partial charge in [-0.2, -0.15) is 0 Å². The Bertz CT molecular complexity index is 447. The molecule has 0 bridgehead atoms. The van der Waals surface area contributed by atoms with Crippen molar-refractivity contribution in [3.63, 3.8) is 0 Å². The molecule has 1 saturated carbocycles. The Morgan fingerprint density at radius 2 is 2.00 bits per heavy atom. The molecule has 0 aliphatic heterocycles. The number of nitrogens with two attached hydrogens (primary N) is 1. The van der Waals surface area contributed by atoms with Gasteiger partial charge in [0.1, 0.15) is 11.6 Å². The first-order chi connectivity index (χ1) is 8.41. The highest BCUT2D eigenvalue weighted by atomic mass is 35.5. The van der Waals surface area contributed by atoms with E-state index in [0.717, 1.165) is 25.7 Å². The molecule has 1 fully saturated rings. The molecule has 6 heteroatoms. The van der Waals surface area contributed by atoms with Gasteiger partial charge in [0.05, 0.1) is 15.6 Å². The van der Waals surface area contributed by atoms with Crippen LogP contribution in [-0.4, -0.2) is 29.3 Å². The smallest absolute Gasteiger partial charge is 0.149 e. The fraction of sp³-hybridized carbons (Fsp3) is 0.583. The zero-order chi connectivity index (χ0) is 13.3. The van der Waals surface area contributed by atoms with Gasteiger partial charge in [-0.3, -0.25) is 0 Å². The predicted octanol–water partition coefficient (Wildman–Crippen LogP) is 2.71. The second-order valence-electron chi connectivity index (χ2n) is 4.95. The summed E-state index contributed by atoms with van der Waals surface area (Å²) in [5.41, 5.74) is 5.03. The van der Waals surface area contributed by atoms with E-state index in [9.17, 15) is 5.11 Å². The first-order valence-corrected chi connectivity index (χ1v) is 6.72. The molecular weight excluding hydrogens is 273 g/mol. The molecule has 0 radical (unpaired) electrons. The number of pyridine rings is 1. The molecule has 1 aliphatic carbocycles. The van der Waals surface area contributed by atoms with E-state index in [1.807, 2.05) is 11.9 Å². The number of nitrogens with zero attached hydrogens (tertiary/aromatic N) is 2. The van der Waals surface area contributed by atoms with Crippen LogP contribution < -0.4 is 10.6 Å². The molecule has 0 saturated heterocycles. The van der Waals surface area contributed by atoms with Gasteiger partial charge in [-0.1, -0.05) is 36.0 Å². The van der Waals surface area contributed by atoms with Crippen LogP contribution >= 0.6 is 23.2 Å². The Balaban J connectivity index is 2.18. The lowest BCUT2D eigenvalue weighted by atomic mass is 10.0. The molecule has 1 heterocycles. The fourth-order valence-electron chi connectivity index (χ4n) is 2.45. The van der Waals surface area contributed by atoms with Crippen molar-refractivity contribution in [2.75, 3.05) is 24.2 Å². The lowest BCUT2D eigenvalue weighted by molar-refractivity contribution is 0.0558. The summed E-state index contributed by atoms with van der Waals surface area (Å²) in [6, 6.07) is 1.58. The molecule has 4 nitrogen and oxygen atoms in total. The Kier molecular flexibility index (Phi) is 3.90. The van der Waals surface area contributed by atoms with E-state index in [-0.39, 0.29) is 5.82 Å². The van der Waals surface area contributed by atoms with Crippen LogP contribution in [0.5, 0.6) is 0 Å². The van der Waals surface area contributed by atoms with Crippen molar-refractivity contribution in [2.24, 2.45) is 0 Å². The lowest BCUT2D eigenvalue weighted by Crippen LogP contribution is -2.39. The highest BCUT2D eigenvalue weighted by molar-refractivity contribution is 6.37. The highest BCUT2D eigenvalue weighted by Crippen LogP contribution is 2.34. The number of likely N-dealkylation sites (N-methyl/N-ethyl adjacent to an activating group) is 1. The molecule has 1 aromatic rings. The normalized spacial score (nSPS) is 18.0. The van der Waals surface area contributed by atoms with E-state index in [1.54, 1.807) is 6.07 Å². The van der Waals surface area contributed by atoms with Gasteiger partial charge in [-0.15, -0.1) is 0 Å². The van der Waals surface area contributed by atoms with E-state index in [2.05, 4.69) is 4.98 Å². The first-order valence-electron chi connectivity index (χ1n) is 5.96. The van der Waals surface area contributed by atoms with Gasteiger partial charge in [-0.05, 0) is 18.9 Å². The first kappa shape index (κ1) is 13.7. The second-order valence-corrected chi connectivity index (χ2v) is 5.76. The maximum Gasteiger partial charge on any atom is 0.149 e. The molecule has 18 heavy (non-hydrogen) atoms. The standard InChI is InChI=1S/C12H17Cl2N3O/c1-17(7-12(18)4-2-3-5-12)11-9(14)6-8(13)10(15)16-11/h6,18H,2-5,7H2,1H3,(H2,15,16). The van der Waals surface area contributed by atoms with Gasteiger partial charge >= 0.3 is 0 Å². The van der Waals surface area contributed by atoms with Gasteiger partial charge in [0, 0.05) is 13.6 Å².